The van der Waals surface area contributed by atoms with Gasteiger partial charge in [0.2, 0.25) is 0 Å². The van der Waals surface area contributed by atoms with E-state index in [9.17, 15) is 0 Å². The minimum absolute atomic E-state index is 0. The SMILES string of the molecule is C[CH]=[Zr+2].[Cl-].[Cl-].c1cc[cH-]c1.c1ccc2c(c1)c1ccccc1c1[cH-]ccc21. The van der Waals surface area contributed by atoms with Gasteiger partial charge in [-0.1, -0.05) is 64.7 Å². The first-order chi connectivity index (χ1) is 12.4. The fourth-order valence-electron chi connectivity index (χ4n) is 3.12. The molecule has 0 saturated carbocycles. The second-order valence-electron chi connectivity index (χ2n) is 5.70. The molecule has 0 fully saturated rings. The second kappa shape index (κ2) is 12.0. The van der Waals surface area contributed by atoms with Crippen molar-refractivity contribution in [3.63, 3.8) is 0 Å². The molecule has 0 amide bonds. The van der Waals surface area contributed by atoms with Crippen LogP contribution in [-0.2, 0) is 24.2 Å². The molecule has 3 heteroatoms. The van der Waals surface area contributed by atoms with Crippen LogP contribution in [0.15, 0.2) is 97.1 Å². The van der Waals surface area contributed by atoms with E-state index in [0.29, 0.717) is 0 Å². The predicted octanol–water partition coefficient (Wildman–Crippen LogP) is 0.634. The van der Waals surface area contributed by atoms with Crippen molar-refractivity contribution >= 4 is 36.0 Å². The Balaban J connectivity index is 0.000000312. The number of hydrogen-bond donors (Lipinski definition) is 0. The van der Waals surface area contributed by atoms with E-state index >= 15 is 0 Å². The predicted molar refractivity (Wildman–Crippen MR) is 108 cm³/mol. The monoisotopic (exact) mass is 468 g/mol. The van der Waals surface area contributed by atoms with Gasteiger partial charge in [0.15, 0.2) is 0 Å². The summed E-state index contributed by atoms with van der Waals surface area (Å²) in [6.45, 7) is 2.04. The molecule has 0 saturated heterocycles. The largest absolute Gasteiger partial charge is 1.00 e. The van der Waals surface area contributed by atoms with Crippen molar-refractivity contribution in [2.45, 2.75) is 6.92 Å². The Kier molecular flexibility index (Phi) is 10.5. The van der Waals surface area contributed by atoms with Crippen LogP contribution in [0.25, 0.3) is 32.3 Å². The summed E-state index contributed by atoms with van der Waals surface area (Å²) in [5.41, 5.74) is 0. The molecule has 5 rings (SSSR count). The molecule has 0 aliphatic carbocycles. The van der Waals surface area contributed by atoms with E-state index < -0.39 is 0 Å². The normalized spacial score (nSPS) is 9.30. The summed E-state index contributed by atoms with van der Waals surface area (Å²) in [6, 6.07) is 33.9. The van der Waals surface area contributed by atoms with E-state index in [1.807, 2.05) is 37.3 Å². The minimum atomic E-state index is 0. The van der Waals surface area contributed by atoms with E-state index in [4.69, 9.17) is 0 Å². The van der Waals surface area contributed by atoms with E-state index in [0.717, 1.165) is 0 Å². The van der Waals surface area contributed by atoms with Gasteiger partial charge < -0.3 is 24.8 Å². The van der Waals surface area contributed by atoms with Crippen LogP contribution in [-0.4, -0.2) is 3.71 Å². The Labute approximate surface area is 188 Å². The van der Waals surface area contributed by atoms with Gasteiger partial charge in [0.25, 0.3) is 0 Å². The zero-order valence-corrected chi connectivity index (χ0v) is 19.0. The third-order valence-electron chi connectivity index (χ3n) is 4.10. The van der Waals surface area contributed by atoms with Gasteiger partial charge >= 0.3 is 34.9 Å². The van der Waals surface area contributed by atoms with Crippen LogP contribution in [0.1, 0.15) is 6.92 Å². The number of halogens is 2. The van der Waals surface area contributed by atoms with Crippen LogP contribution in [0, 0.1) is 0 Å². The van der Waals surface area contributed by atoms with Crippen LogP contribution in [0.5, 0.6) is 0 Å². The van der Waals surface area contributed by atoms with Crippen LogP contribution in [0.3, 0.4) is 0 Å². The molecule has 0 nitrogen and oxygen atoms in total. The molecule has 5 aromatic carbocycles. The molecule has 0 heterocycles. The molecule has 0 N–H and O–H groups in total. The van der Waals surface area contributed by atoms with Gasteiger partial charge in [-0.15, -0.1) is 16.8 Å². The van der Waals surface area contributed by atoms with Gasteiger partial charge in [0, 0.05) is 0 Å². The van der Waals surface area contributed by atoms with Crippen LogP contribution in [0.4, 0.5) is 0 Å². The Morgan fingerprint density at radius 3 is 1.48 bits per heavy atom. The van der Waals surface area contributed by atoms with Crippen molar-refractivity contribution in [2.24, 2.45) is 0 Å². The van der Waals surface area contributed by atoms with Gasteiger partial charge in [-0.25, -0.2) is 12.1 Å². The molecule has 0 unspecified atom stereocenters. The topological polar surface area (TPSA) is 0 Å². The molecule has 0 aromatic heterocycles. The smallest absolute Gasteiger partial charge is 0.0293 e. The summed E-state index contributed by atoms with van der Waals surface area (Å²) >= 11 is 1.51. The summed E-state index contributed by atoms with van der Waals surface area (Å²) in [5.74, 6) is 0. The first-order valence-corrected chi connectivity index (χ1v) is 9.85. The van der Waals surface area contributed by atoms with Crippen molar-refractivity contribution in [1.82, 2.24) is 0 Å². The Bertz CT molecular complexity index is 989. The maximum absolute atomic E-state index is 2.21. The van der Waals surface area contributed by atoms with Crippen molar-refractivity contribution < 1.29 is 49.0 Å². The van der Waals surface area contributed by atoms with Crippen molar-refractivity contribution in [1.29, 1.82) is 0 Å². The average molecular weight is 471 g/mol. The average Bonchev–Trinajstić information content (AvgIpc) is 3.37. The first kappa shape index (κ1) is 23.5. The Hall–Kier alpha value is -1.53. The van der Waals surface area contributed by atoms with Gasteiger partial charge in [-0.3, -0.25) is 0 Å². The summed E-state index contributed by atoms with van der Waals surface area (Å²) in [7, 11) is 0. The molecule has 0 atom stereocenters. The summed E-state index contributed by atoms with van der Waals surface area (Å²) in [4.78, 5) is 0. The zero-order valence-electron chi connectivity index (χ0n) is 15.1. The number of fused-ring (bicyclic) bond motifs is 6. The third-order valence-corrected chi connectivity index (χ3v) is 4.10. The van der Waals surface area contributed by atoms with Gasteiger partial charge in [0.05, 0.1) is 0 Å². The van der Waals surface area contributed by atoms with E-state index in [1.54, 1.807) is 0 Å². The fourth-order valence-corrected chi connectivity index (χ4v) is 3.12. The van der Waals surface area contributed by atoms with Gasteiger partial charge in [0.1, 0.15) is 0 Å². The first-order valence-electron chi connectivity index (χ1n) is 8.43. The standard InChI is InChI=1S/C17H11.C5H5.C2H4.2ClH.Zr/c1-3-8-14-12(6-1)13-7-2-4-9-15(13)17-11-5-10-16(14)17;1-2-4-5-3-1;1-2;;;/h1-11H;1-5H;1H,2H3;2*1H;/q2*-1;;;;+2/p-2. The molecule has 136 valence electrons. The van der Waals surface area contributed by atoms with Gasteiger partial charge in [-0.2, -0.15) is 30.3 Å². The van der Waals surface area contributed by atoms with E-state index in [-0.39, 0.29) is 24.8 Å². The zero-order chi connectivity index (χ0) is 17.5. The van der Waals surface area contributed by atoms with Crippen LogP contribution >= 0.6 is 0 Å². The van der Waals surface area contributed by atoms with Crippen molar-refractivity contribution in [3.8, 4) is 0 Å². The maximum atomic E-state index is 2.21. The minimum Gasteiger partial charge on any atom is -1.00 e. The second-order valence-corrected chi connectivity index (χ2v) is 7.11. The van der Waals surface area contributed by atoms with Crippen molar-refractivity contribution in [3.05, 3.63) is 97.1 Å². The molecule has 0 aliphatic rings. The van der Waals surface area contributed by atoms with Gasteiger partial charge in [-0.05, 0) is 5.39 Å². The maximum Gasteiger partial charge on any atom is -0.0293 e. The summed E-state index contributed by atoms with van der Waals surface area (Å²) in [5, 5.41) is 8.12. The number of hydrogen-bond acceptors (Lipinski definition) is 0. The Morgan fingerprint density at radius 2 is 1.04 bits per heavy atom. The molecule has 0 aliphatic heterocycles. The molecule has 0 spiro atoms. The quantitative estimate of drug-likeness (QED) is 0.230. The molecule has 0 radical (unpaired) electrons. The van der Waals surface area contributed by atoms with Crippen molar-refractivity contribution in [2.75, 3.05) is 0 Å². The molecular weight excluding hydrogens is 450 g/mol. The summed E-state index contributed by atoms with van der Waals surface area (Å²) < 4.78 is 2.09. The third kappa shape index (κ3) is 5.48. The molecular formula is C24H20Cl2Zr-2. The fraction of sp³-hybridized carbons (Fsp3) is 0.0417. The van der Waals surface area contributed by atoms with E-state index in [2.05, 4.69) is 70.4 Å². The number of rotatable bonds is 0. The van der Waals surface area contributed by atoms with Crippen LogP contribution < -0.4 is 24.8 Å². The number of benzene rings is 3. The van der Waals surface area contributed by atoms with E-state index in [1.165, 1.54) is 56.6 Å². The molecule has 27 heavy (non-hydrogen) atoms. The molecule has 0 bridgehead atoms. The summed E-state index contributed by atoms with van der Waals surface area (Å²) in [6.07, 6.45) is 0. The van der Waals surface area contributed by atoms with Crippen LogP contribution in [0.2, 0.25) is 0 Å². The Morgan fingerprint density at radius 1 is 0.630 bits per heavy atom. The molecule has 5 aromatic rings.